The first kappa shape index (κ1) is 14.4. The number of anilines is 2. The summed E-state index contributed by atoms with van der Waals surface area (Å²) in [6.07, 6.45) is -3.61. The van der Waals surface area contributed by atoms with Crippen molar-refractivity contribution in [2.75, 3.05) is 17.3 Å². The van der Waals surface area contributed by atoms with Crippen molar-refractivity contribution >= 4 is 17.5 Å². The summed E-state index contributed by atoms with van der Waals surface area (Å²) in [6.45, 7) is 0.349. The van der Waals surface area contributed by atoms with Crippen LogP contribution in [0.25, 0.3) is 0 Å². The molecule has 1 aromatic heterocycles. The summed E-state index contributed by atoms with van der Waals surface area (Å²) in [6, 6.07) is 1.58. The molecule has 0 bridgehead atoms. The Morgan fingerprint density at radius 1 is 1.35 bits per heavy atom. The largest absolute Gasteiger partial charge is 0.416 e. The number of amides is 1. The number of nitrogens with zero attached hydrogens (tertiary/aromatic N) is 1. The second-order valence-corrected chi connectivity index (χ2v) is 4.45. The fourth-order valence-electron chi connectivity index (χ4n) is 1.91. The van der Waals surface area contributed by atoms with Crippen molar-refractivity contribution in [1.29, 1.82) is 0 Å². The molecule has 2 heterocycles. The van der Waals surface area contributed by atoms with Gasteiger partial charge in [-0.3, -0.25) is 4.79 Å². The van der Waals surface area contributed by atoms with Crippen LogP contribution in [0.15, 0.2) is 12.1 Å². The predicted octanol–water partition coefficient (Wildman–Crippen LogP) is 1.08. The topological polar surface area (TPSA) is 92.1 Å². The van der Waals surface area contributed by atoms with E-state index in [9.17, 15) is 18.0 Å². The third-order valence-corrected chi connectivity index (χ3v) is 2.92. The fraction of sp³-hybridized carbons (Fsp3) is 0.455. The van der Waals surface area contributed by atoms with Crippen LogP contribution in [0.1, 0.15) is 18.4 Å². The number of nitrogen functional groups attached to an aromatic ring is 1. The van der Waals surface area contributed by atoms with E-state index in [1.165, 1.54) is 0 Å². The van der Waals surface area contributed by atoms with E-state index in [2.05, 4.69) is 21.0 Å². The van der Waals surface area contributed by atoms with Crippen molar-refractivity contribution in [1.82, 2.24) is 10.3 Å². The van der Waals surface area contributed by atoms with Gasteiger partial charge in [0.25, 0.3) is 0 Å². The Kier molecular flexibility index (Phi) is 3.98. The van der Waals surface area contributed by atoms with Gasteiger partial charge in [0.1, 0.15) is 11.6 Å². The molecule has 110 valence electrons. The number of halogens is 3. The number of hydrazine groups is 1. The van der Waals surface area contributed by atoms with Crippen molar-refractivity contribution in [3.05, 3.63) is 17.7 Å². The van der Waals surface area contributed by atoms with E-state index in [0.717, 1.165) is 12.1 Å². The number of alkyl halides is 3. The summed E-state index contributed by atoms with van der Waals surface area (Å²) in [5.41, 5.74) is 1.26. The highest BCUT2D eigenvalue weighted by Gasteiger charge is 2.32. The van der Waals surface area contributed by atoms with Gasteiger partial charge >= 0.3 is 6.18 Å². The zero-order valence-corrected chi connectivity index (χ0v) is 10.4. The van der Waals surface area contributed by atoms with Crippen molar-refractivity contribution in [2.24, 2.45) is 5.84 Å². The molecule has 0 radical (unpaired) electrons. The van der Waals surface area contributed by atoms with Crippen molar-refractivity contribution in [3.63, 3.8) is 0 Å². The third-order valence-electron chi connectivity index (χ3n) is 2.92. The molecule has 0 aromatic carbocycles. The Hall–Kier alpha value is -2.03. The summed E-state index contributed by atoms with van der Waals surface area (Å²) in [4.78, 5) is 14.9. The molecule has 0 spiro atoms. The Morgan fingerprint density at radius 3 is 2.60 bits per heavy atom. The van der Waals surface area contributed by atoms with Gasteiger partial charge < -0.3 is 16.1 Å². The maximum atomic E-state index is 12.7. The molecule has 0 saturated carbocycles. The number of rotatable bonds is 3. The van der Waals surface area contributed by atoms with Gasteiger partial charge in [0, 0.05) is 19.0 Å². The normalized spacial score (nSPS) is 19.4. The monoisotopic (exact) mass is 289 g/mol. The van der Waals surface area contributed by atoms with Gasteiger partial charge in [0.15, 0.2) is 0 Å². The second kappa shape index (κ2) is 5.53. The summed E-state index contributed by atoms with van der Waals surface area (Å²) < 4.78 is 38.2. The first-order valence-corrected chi connectivity index (χ1v) is 5.97. The van der Waals surface area contributed by atoms with Crippen LogP contribution in [-0.4, -0.2) is 23.5 Å². The summed E-state index contributed by atoms with van der Waals surface area (Å²) in [5, 5.41) is 5.50. The SMILES string of the molecule is NNc1cc(C(F)(F)F)cc(NC2CCC(=O)NC2)n1. The molecule has 1 aliphatic rings. The Labute approximate surface area is 112 Å². The summed E-state index contributed by atoms with van der Waals surface area (Å²) >= 11 is 0. The van der Waals surface area contributed by atoms with E-state index in [-0.39, 0.29) is 23.6 Å². The maximum absolute atomic E-state index is 12.7. The highest BCUT2D eigenvalue weighted by molar-refractivity contribution is 5.77. The van der Waals surface area contributed by atoms with Crippen LogP contribution in [0, 0.1) is 0 Å². The lowest BCUT2D eigenvalue weighted by molar-refractivity contribution is -0.137. The highest BCUT2D eigenvalue weighted by Crippen LogP contribution is 2.32. The zero-order chi connectivity index (χ0) is 14.8. The van der Waals surface area contributed by atoms with Gasteiger partial charge in [0.2, 0.25) is 5.91 Å². The number of hydrogen-bond acceptors (Lipinski definition) is 5. The molecule has 9 heteroatoms. The van der Waals surface area contributed by atoms with E-state index < -0.39 is 11.7 Å². The zero-order valence-electron chi connectivity index (χ0n) is 10.4. The molecule has 1 unspecified atom stereocenters. The smallest absolute Gasteiger partial charge is 0.365 e. The molecule has 20 heavy (non-hydrogen) atoms. The molecule has 6 nitrogen and oxygen atoms in total. The molecule has 2 rings (SSSR count). The van der Waals surface area contributed by atoms with E-state index in [4.69, 9.17) is 5.84 Å². The number of nitrogens with one attached hydrogen (secondary N) is 3. The molecule has 5 N–H and O–H groups in total. The Bertz CT molecular complexity index is 495. The van der Waals surface area contributed by atoms with E-state index in [1.807, 2.05) is 0 Å². The third kappa shape index (κ3) is 3.50. The number of aromatic nitrogens is 1. The second-order valence-electron chi connectivity index (χ2n) is 4.45. The van der Waals surface area contributed by atoms with Crippen LogP contribution in [0.4, 0.5) is 24.8 Å². The van der Waals surface area contributed by atoms with E-state index >= 15 is 0 Å². The number of carbonyl (C=O) groups excluding carboxylic acids is 1. The first-order valence-electron chi connectivity index (χ1n) is 5.97. The molecule has 0 aliphatic carbocycles. The molecule has 1 fully saturated rings. The lowest BCUT2D eigenvalue weighted by atomic mass is 10.1. The fourth-order valence-corrected chi connectivity index (χ4v) is 1.91. The lowest BCUT2D eigenvalue weighted by Gasteiger charge is -2.24. The lowest BCUT2D eigenvalue weighted by Crippen LogP contribution is -2.42. The molecule has 1 aromatic rings. The molecular formula is C11H14F3N5O. The minimum atomic E-state index is -4.48. The molecule has 1 saturated heterocycles. The van der Waals surface area contributed by atoms with E-state index in [1.54, 1.807) is 0 Å². The van der Waals surface area contributed by atoms with Gasteiger partial charge in [-0.25, -0.2) is 10.8 Å². The van der Waals surface area contributed by atoms with Crippen molar-refractivity contribution < 1.29 is 18.0 Å². The van der Waals surface area contributed by atoms with Crippen LogP contribution in [0.3, 0.4) is 0 Å². The molecule has 1 amide bonds. The first-order chi connectivity index (χ1) is 9.38. The van der Waals surface area contributed by atoms with Crippen LogP contribution in [-0.2, 0) is 11.0 Å². The number of carbonyl (C=O) groups is 1. The maximum Gasteiger partial charge on any atom is 0.416 e. The van der Waals surface area contributed by atoms with Crippen LogP contribution >= 0.6 is 0 Å². The minimum Gasteiger partial charge on any atom is -0.365 e. The van der Waals surface area contributed by atoms with Gasteiger partial charge in [-0.2, -0.15) is 13.2 Å². The summed E-state index contributed by atoms with van der Waals surface area (Å²) in [5.74, 6) is 5.03. The van der Waals surface area contributed by atoms with Crippen LogP contribution in [0.5, 0.6) is 0 Å². The molecule has 1 aliphatic heterocycles. The van der Waals surface area contributed by atoms with Gasteiger partial charge in [-0.15, -0.1) is 0 Å². The van der Waals surface area contributed by atoms with Crippen molar-refractivity contribution in [3.8, 4) is 0 Å². The Balaban J connectivity index is 2.16. The highest BCUT2D eigenvalue weighted by atomic mass is 19.4. The quantitative estimate of drug-likeness (QED) is 0.493. The Morgan fingerprint density at radius 2 is 2.05 bits per heavy atom. The predicted molar refractivity (Wildman–Crippen MR) is 66.7 cm³/mol. The molecule has 1 atom stereocenters. The average Bonchev–Trinajstić information content (AvgIpc) is 2.40. The number of hydrogen-bond donors (Lipinski definition) is 4. The number of piperidine rings is 1. The summed E-state index contributed by atoms with van der Waals surface area (Å²) in [7, 11) is 0. The van der Waals surface area contributed by atoms with Crippen LogP contribution in [0.2, 0.25) is 0 Å². The number of nitrogens with two attached hydrogens (primary N) is 1. The standard InChI is InChI=1S/C11H14F3N5O/c12-11(13,14)6-3-8(18-9(4-6)19-15)17-7-1-2-10(20)16-5-7/h3-4,7H,1-2,5,15H2,(H,16,20)(H2,17,18,19). The van der Waals surface area contributed by atoms with Gasteiger partial charge in [0.05, 0.1) is 5.56 Å². The van der Waals surface area contributed by atoms with Crippen molar-refractivity contribution in [2.45, 2.75) is 25.1 Å². The van der Waals surface area contributed by atoms with Crippen LogP contribution < -0.4 is 21.9 Å². The van der Waals surface area contributed by atoms with Gasteiger partial charge in [-0.05, 0) is 18.6 Å². The average molecular weight is 289 g/mol. The minimum absolute atomic E-state index is 0.0638. The van der Waals surface area contributed by atoms with Gasteiger partial charge in [-0.1, -0.05) is 0 Å². The molecular weight excluding hydrogens is 275 g/mol. The number of pyridine rings is 1. The van der Waals surface area contributed by atoms with E-state index in [0.29, 0.717) is 19.4 Å².